The molecule has 0 saturated carbocycles. The van der Waals surface area contributed by atoms with Crippen molar-refractivity contribution in [3.05, 3.63) is 10.6 Å². The zero-order chi connectivity index (χ0) is 7.56. The molecule has 0 radical (unpaired) electrons. The summed E-state index contributed by atoms with van der Waals surface area (Å²) in [7, 11) is 0. The van der Waals surface area contributed by atoms with Crippen LogP contribution in [0, 0.1) is 5.92 Å². The summed E-state index contributed by atoms with van der Waals surface area (Å²) < 4.78 is 1.14. The van der Waals surface area contributed by atoms with Crippen LogP contribution in [0.25, 0.3) is 0 Å². The van der Waals surface area contributed by atoms with E-state index in [1.54, 1.807) is 0 Å². The van der Waals surface area contributed by atoms with Crippen LogP contribution in [0.1, 0.15) is 12.8 Å². The van der Waals surface area contributed by atoms with Crippen LogP contribution in [0.3, 0.4) is 0 Å². The summed E-state index contributed by atoms with van der Waals surface area (Å²) in [6, 6.07) is 0. The van der Waals surface area contributed by atoms with E-state index in [-0.39, 0.29) is 5.92 Å². The molecule has 0 aromatic carbocycles. The van der Waals surface area contributed by atoms with Crippen LogP contribution in [0.5, 0.6) is 0 Å². The van der Waals surface area contributed by atoms with E-state index >= 15 is 0 Å². The highest BCUT2D eigenvalue weighted by Crippen LogP contribution is 2.29. The van der Waals surface area contributed by atoms with Crippen molar-refractivity contribution in [2.75, 3.05) is 0 Å². The SMILES string of the molecule is O=CC1CC(Br)=CC(Br)C1. The normalized spacial score (nSPS) is 33.2. The van der Waals surface area contributed by atoms with Gasteiger partial charge in [0, 0.05) is 10.7 Å². The van der Waals surface area contributed by atoms with Gasteiger partial charge >= 0.3 is 0 Å². The van der Waals surface area contributed by atoms with Crippen molar-refractivity contribution in [1.82, 2.24) is 0 Å². The third-order valence-corrected chi connectivity index (χ3v) is 2.77. The van der Waals surface area contributed by atoms with Crippen molar-refractivity contribution in [3.8, 4) is 0 Å². The molecule has 0 amide bonds. The molecule has 0 N–H and O–H groups in total. The number of carbonyl (C=O) groups excluding carboxylic acids is 1. The van der Waals surface area contributed by atoms with Gasteiger partial charge in [-0.3, -0.25) is 0 Å². The van der Waals surface area contributed by atoms with Crippen LogP contribution in [0.15, 0.2) is 10.6 Å². The predicted octanol–water partition coefficient (Wildman–Crippen LogP) is 2.64. The van der Waals surface area contributed by atoms with E-state index in [4.69, 9.17) is 0 Å². The lowest BCUT2D eigenvalue weighted by molar-refractivity contribution is -0.111. The summed E-state index contributed by atoms with van der Waals surface area (Å²) in [6.07, 6.45) is 4.92. The van der Waals surface area contributed by atoms with Gasteiger partial charge in [-0.15, -0.1) is 0 Å². The molecule has 3 heteroatoms. The molecule has 56 valence electrons. The maximum absolute atomic E-state index is 10.4. The molecule has 0 spiro atoms. The smallest absolute Gasteiger partial charge is 0.123 e. The van der Waals surface area contributed by atoms with Crippen LogP contribution in [0.2, 0.25) is 0 Å². The van der Waals surface area contributed by atoms with E-state index in [1.807, 2.05) is 0 Å². The molecule has 2 atom stereocenters. The highest BCUT2D eigenvalue weighted by atomic mass is 79.9. The van der Waals surface area contributed by atoms with E-state index in [1.165, 1.54) is 0 Å². The standard InChI is InChI=1S/C7H8Br2O/c8-6-1-5(4-10)2-7(9)3-6/h3-6H,1-2H2. The average molecular weight is 268 g/mol. The highest BCUT2D eigenvalue weighted by molar-refractivity contribution is 9.12. The molecule has 0 heterocycles. The van der Waals surface area contributed by atoms with Gasteiger partial charge in [-0.2, -0.15) is 0 Å². The Labute approximate surface area is 77.1 Å². The molecule has 0 aromatic heterocycles. The van der Waals surface area contributed by atoms with Crippen LogP contribution in [0.4, 0.5) is 0 Å². The Morgan fingerprint density at radius 2 is 2.40 bits per heavy atom. The molecule has 0 saturated heterocycles. The molecule has 1 aliphatic carbocycles. The summed E-state index contributed by atoms with van der Waals surface area (Å²) in [4.78, 5) is 10.7. The first-order chi connectivity index (χ1) is 4.72. The van der Waals surface area contributed by atoms with Crippen molar-refractivity contribution < 1.29 is 4.79 Å². The lowest BCUT2D eigenvalue weighted by Gasteiger charge is -2.17. The summed E-state index contributed by atoms with van der Waals surface area (Å²) in [5, 5.41) is 0. The molecule has 2 unspecified atom stereocenters. The molecule has 0 bridgehead atoms. The van der Waals surface area contributed by atoms with E-state index in [0.717, 1.165) is 23.6 Å². The minimum absolute atomic E-state index is 0.198. The Morgan fingerprint density at radius 1 is 1.70 bits per heavy atom. The minimum atomic E-state index is 0.198. The number of carbonyl (C=O) groups is 1. The maximum atomic E-state index is 10.4. The van der Waals surface area contributed by atoms with Gasteiger partial charge in [-0.25, -0.2) is 0 Å². The Kier molecular flexibility index (Phi) is 3.11. The summed E-state index contributed by atoms with van der Waals surface area (Å²) in [5.41, 5.74) is 0. The van der Waals surface area contributed by atoms with Crippen molar-refractivity contribution in [2.45, 2.75) is 17.7 Å². The molecule has 0 fully saturated rings. The third-order valence-electron chi connectivity index (χ3n) is 1.54. The molecule has 1 rings (SSSR count). The van der Waals surface area contributed by atoms with E-state index in [0.29, 0.717) is 4.83 Å². The zero-order valence-corrected chi connectivity index (χ0v) is 8.56. The largest absolute Gasteiger partial charge is 0.303 e. The van der Waals surface area contributed by atoms with Gasteiger partial charge in [-0.1, -0.05) is 37.9 Å². The lowest BCUT2D eigenvalue weighted by atomic mass is 9.96. The number of rotatable bonds is 1. The van der Waals surface area contributed by atoms with Gasteiger partial charge < -0.3 is 4.79 Å². The second kappa shape index (κ2) is 3.67. The second-order valence-corrected chi connectivity index (χ2v) is 4.66. The van der Waals surface area contributed by atoms with Gasteiger partial charge in [0.1, 0.15) is 6.29 Å². The van der Waals surface area contributed by atoms with Crippen molar-refractivity contribution in [3.63, 3.8) is 0 Å². The van der Waals surface area contributed by atoms with Crippen molar-refractivity contribution in [1.29, 1.82) is 0 Å². The first-order valence-electron chi connectivity index (χ1n) is 3.18. The Bertz CT molecular complexity index is 165. The molecule has 0 aliphatic heterocycles. The van der Waals surface area contributed by atoms with E-state index in [2.05, 4.69) is 37.9 Å². The number of allylic oxidation sites excluding steroid dienone is 2. The minimum Gasteiger partial charge on any atom is -0.303 e. The zero-order valence-electron chi connectivity index (χ0n) is 5.39. The number of alkyl halides is 1. The van der Waals surface area contributed by atoms with Crippen LogP contribution in [-0.2, 0) is 4.79 Å². The summed E-state index contributed by atoms with van der Waals surface area (Å²) >= 11 is 6.83. The summed E-state index contributed by atoms with van der Waals surface area (Å²) in [5.74, 6) is 0.198. The molecule has 1 nitrogen and oxygen atoms in total. The molecule has 10 heavy (non-hydrogen) atoms. The lowest BCUT2D eigenvalue weighted by Crippen LogP contribution is -2.13. The Hall–Kier alpha value is 0.370. The van der Waals surface area contributed by atoms with Gasteiger partial charge in [-0.05, 0) is 17.3 Å². The topological polar surface area (TPSA) is 17.1 Å². The van der Waals surface area contributed by atoms with E-state index < -0.39 is 0 Å². The molecular formula is C7H8Br2O. The third kappa shape index (κ3) is 2.20. The number of hydrogen-bond donors (Lipinski definition) is 0. The molecule has 0 aromatic rings. The fraction of sp³-hybridized carbons (Fsp3) is 0.571. The monoisotopic (exact) mass is 266 g/mol. The fourth-order valence-corrected chi connectivity index (χ4v) is 2.95. The van der Waals surface area contributed by atoms with Gasteiger partial charge in [0.25, 0.3) is 0 Å². The second-order valence-electron chi connectivity index (χ2n) is 2.47. The number of hydrogen-bond acceptors (Lipinski definition) is 1. The van der Waals surface area contributed by atoms with Crippen LogP contribution in [-0.4, -0.2) is 11.1 Å². The van der Waals surface area contributed by atoms with Gasteiger partial charge in [0.2, 0.25) is 0 Å². The average Bonchev–Trinajstić information content (AvgIpc) is 1.85. The van der Waals surface area contributed by atoms with E-state index in [9.17, 15) is 4.79 Å². The first kappa shape index (κ1) is 8.47. The van der Waals surface area contributed by atoms with Crippen molar-refractivity contribution in [2.24, 2.45) is 5.92 Å². The van der Waals surface area contributed by atoms with Crippen molar-refractivity contribution >= 4 is 38.1 Å². The quantitative estimate of drug-likeness (QED) is 0.527. The van der Waals surface area contributed by atoms with Gasteiger partial charge in [0.05, 0.1) is 0 Å². The number of halogens is 2. The van der Waals surface area contributed by atoms with Gasteiger partial charge in [0.15, 0.2) is 0 Å². The first-order valence-corrected chi connectivity index (χ1v) is 4.89. The molecular weight excluding hydrogens is 260 g/mol. The Morgan fingerprint density at radius 3 is 2.90 bits per heavy atom. The maximum Gasteiger partial charge on any atom is 0.123 e. The molecule has 1 aliphatic rings. The Balaban J connectivity index is 2.60. The van der Waals surface area contributed by atoms with Crippen LogP contribution < -0.4 is 0 Å². The highest BCUT2D eigenvalue weighted by Gasteiger charge is 2.18. The fourth-order valence-electron chi connectivity index (χ4n) is 1.06. The predicted molar refractivity (Wildman–Crippen MR) is 48.5 cm³/mol. The summed E-state index contributed by atoms with van der Waals surface area (Å²) in [6.45, 7) is 0. The van der Waals surface area contributed by atoms with Crippen LogP contribution >= 0.6 is 31.9 Å². The number of aldehydes is 1.